The number of amides is 3. The quantitative estimate of drug-likeness (QED) is 0.760. The molecular weight excluding hydrogens is 332 g/mol. The van der Waals surface area contributed by atoms with Crippen LogP contribution in [-0.2, 0) is 14.4 Å². The first-order valence-electron chi connectivity index (χ1n) is 9.48. The van der Waals surface area contributed by atoms with E-state index in [1.54, 1.807) is 6.07 Å². The molecule has 0 bridgehead atoms. The summed E-state index contributed by atoms with van der Waals surface area (Å²) >= 11 is 0. The number of rotatable bonds is 7. The van der Waals surface area contributed by atoms with Crippen molar-refractivity contribution >= 4 is 23.4 Å². The lowest BCUT2D eigenvalue weighted by Gasteiger charge is -2.19. The summed E-state index contributed by atoms with van der Waals surface area (Å²) in [5.74, 6) is -0.126. The van der Waals surface area contributed by atoms with Crippen LogP contribution in [0.5, 0.6) is 5.75 Å². The molecule has 1 saturated heterocycles. The molecule has 6 heteroatoms. The smallest absolute Gasteiger partial charge is 0.233 e. The van der Waals surface area contributed by atoms with E-state index in [9.17, 15) is 14.4 Å². The van der Waals surface area contributed by atoms with Crippen LogP contribution in [0.15, 0.2) is 24.3 Å². The number of nitrogens with one attached hydrogen (secondary N) is 1. The first kappa shape index (κ1) is 18.4. The molecule has 2 fully saturated rings. The lowest BCUT2D eigenvalue weighted by molar-refractivity contribution is -0.140. The number of hydrogen-bond donors (Lipinski definition) is 1. The van der Waals surface area contributed by atoms with Gasteiger partial charge in [0.25, 0.3) is 0 Å². The van der Waals surface area contributed by atoms with Gasteiger partial charge in [0.15, 0.2) is 0 Å². The summed E-state index contributed by atoms with van der Waals surface area (Å²) in [6.45, 7) is 2.74. The molecule has 2 aliphatic rings. The Kier molecular flexibility index (Phi) is 5.91. The zero-order chi connectivity index (χ0) is 18.5. The van der Waals surface area contributed by atoms with Crippen LogP contribution in [0.25, 0.3) is 0 Å². The molecule has 3 rings (SSSR count). The van der Waals surface area contributed by atoms with E-state index in [-0.39, 0.29) is 42.5 Å². The van der Waals surface area contributed by atoms with Crippen LogP contribution in [0.1, 0.15) is 45.4 Å². The summed E-state index contributed by atoms with van der Waals surface area (Å²) in [6.07, 6.45) is 4.56. The first-order valence-corrected chi connectivity index (χ1v) is 9.48. The average Bonchev–Trinajstić information content (AvgIpc) is 2.90. The van der Waals surface area contributed by atoms with Crippen LogP contribution in [0.3, 0.4) is 0 Å². The minimum atomic E-state index is -0.229. The normalized spacial score (nSPS) is 22.3. The molecule has 1 aromatic rings. The molecule has 2 atom stereocenters. The lowest BCUT2D eigenvalue weighted by atomic mass is 9.81. The number of ether oxygens (including phenoxy) is 1. The standard InChI is InChI=1S/C20H26N2O4/c1-2-13-26-17-10-6-5-9-16(17)21-18(23)11-12-22-19(24)14-7-3-4-8-15(14)20(22)25/h5-6,9-10,14-15H,2-4,7-8,11-13H2,1H3,(H,21,23)/t14-,15-/m1/s1. The number of nitrogens with zero attached hydrogens (tertiary/aromatic N) is 1. The molecule has 0 aromatic heterocycles. The lowest BCUT2D eigenvalue weighted by Crippen LogP contribution is -2.34. The number of likely N-dealkylation sites (tertiary alicyclic amines) is 1. The fraction of sp³-hybridized carbons (Fsp3) is 0.550. The Morgan fingerprint density at radius 3 is 2.46 bits per heavy atom. The Morgan fingerprint density at radius 1 is 1.15 bits per heavy atom. The van der Waals surface area contributed by atoms with Gasteiger partial charge in [0, 0.05) is 13.0 Å². The SMILES string of the molecule is CCCOc1ccccc1NC(=O)CCN1C(=O)[C@@H]2CCCC[C@H]2C1=O. The predicted molar refractivity (Wildman–Crippen MR) is 97.6 cm³/mol. The van der Waals surface area contributed by atoms with E-state index in [1.165, 1.54) is 4.90 Å². The molecule has 6 nitrogen and oxygen atoms in total. The molecule has 0 radical (unpaired) electrons. The molecule has 26 heavy (non-hydrogen) atoms. The molecule has 1 aliphatic heterocycles. The van der Waals surface area contributed by atoms with Gasteiger partial charge in [0.2, 0.25) is 17.7 Å². The molecule has 0 spiro atoms. The van der Waals surface area contributed by atoms with Crippen LogP contribution >= 0.6 is 0 Å². The van der Waals surface area contributed by atoms with Crippen LogP contribution in [-0.4, -0.2) is 35.8 Å². The van der Waals surface area contributed by atoms with Crippen molar-refractivity contribution in [2.75, 3.05) is 18.5 Å². The summed E-state index contributed by atoms with van der Waals surface area (Å²) in [6, 6.07) is 7.27. The number of benzene rings is 1. The predicted octanol–water partition coefficient (Wildman–Crippen LogP) is 2.98. The van der Waals surface area contributed by atoms with Crippen molar-refractivity contribution in [1.29, 1.82) is 0 Å². The second kappa shape index (κ2) is 8.34. The summed E-state index contributed by atoms with van der Waals surface area (Å²) in [4.78, 5) is 38.5. The number of imide groups is 1. The van der Waals surface area contributed by atoms with Crippen molar-refractivity contribution in [2.45, 2.75) is 45.4 Å². The molecular formula is C20H26N2O4. The van der Waals surface area contributed by atoms with Gasteiger partial charge in [-0.15, -0.1) is 0 Å². The first-order chi connectivity index (χ1) is 12.6. The van der Waals surface area contributed by atoms with Gasteiger partial charge in [-0.3, -0.25) is 19.3 Å². The number of carbonyl (C=O) groups is 3. The Bertz CT molecular complexity index is 664. The van der Waals surface area contributed by atoms with Crippen LogP contribution in [0, 0.1) is 11.8 Å². The minimum Gasteiger partial charge on any atom is -0.491 e. The van der Waals surface area contributed by atoms with Crippen LogP contribution in [0.2, 0.25) is 0 Å². The van der Waals surface area contributed by atoms with Gasteiger partial charge in [0.1, 0.15) is 5.75 Å². The number of fused-ring (bicyclic) bond motifs is 1. The van der Waals surface area contributed by atoms with E-state index >= 15 is 0 Å². The maximum absolute atomic E-state index is 12.4. The third-order valence-corrected chi connectivity index (χ3v) is 5.12. The van der Waals surface area contributed by atoms with Crippen molar-refractivity contribution in [3.8, 4) is 5.75 Å². The van der Waals surface area contributed by atoms with Crippen molar-refractivity contribution in [1.82, 2.24) is 4.90 Å². The van der Waals surface area contributed by atoms with Crippen molar-refractivity contribution in [3.63, 3.8) is 0 Å². The zero-order valence-corrected chi connectivity index (χ0v) is 15.2. The van der Waals surface area contributed by atoms with E-state index in [0.717, 1.165) is 32.1 Å². The van der Waals surface area contributed by atoms with E-state index in [4.69, 9.17) is 4.74 Å². The molecule has 140 valence electrons. The maximum Gasteiger partial charge on any atom is 0.233 e. The maximum atomic E-state index is 12.4. The van der Waals surface area contributed by atoms with Gasteiger partial charge in [-0.2, -0.15) is 0 Å². The van der Waals surface area contributed by atoms with Crippen molar-refractivity contribution < 1.29 is 19.1 Å². The highest BCUT2D eigenvalue weighted by Gasteiger charge is 2.47. The van der Waals surface area contributed by atoms with Gasteiger partial charge in [-0.1, -0.05) is 31.9 Å². The Morgan fingerprint density at radius 2 is 1.81 bits per heavy atom. The van der Waals surface area contributed by atoms with Crippen LogP contribution < -0.4 is 10.1 Å². The second-order valence-corrected chi connectivity index (χ2v) is 6.97. The summed E-state index contributed by atoms with van der Waals surface area (Å²) in [5, 5.41) is 2.82. The minimum absolute atomic E-state index is 0.0963. The highest BCUT2D eigenvalue weighted by molar-refractivity contribution is 6.05. The fourth-order valence-corrected chi connectivity index (χ4v) is 3.79. The van der Waals surface area contributed by atoms with E-state index in [0.29, 0.717) is 18.0 Å². The topological polar surface area (TPSA) is 75.7 Å². The average molecular weight is 358 g/mol. The van der Waals surface area contributed by atoms with Gasteiger partial charge in [-0.05, 0) is 31.4 Å². The summed E-state index contributed by atoms with van der Waals surface area (Å²) in [5.41, 5.74) is 0.610. The molecule has 1 heterocycles. The number of anilines is 1. The second-order valence-electron chi connectivity index (χ2n) is 6.97. The largest absolute Gasteiger partial charge is 0.491 e. The third kappa shape index (κ3) is 3.89. The van der Waals surface area contributed by atoms with Crippen molar-refractivity contribution in [2.24, 2.45) is 11.8 Å². The molecule has 1 aromatic carbocycles. The number of hydrogen-bond acceptors (Lipinski definition) is 4. The van der Waals surface area contributed by atoms with Crippen molar-refractivity contribution in [3.05, 3.63) is 24.3 Å². The van der Waals surface area contributed by atoms with Gasteiger partial charge < -0.3 is 10.1 Å². The zero-order valence-electron chi connectivity index (χ0n) is 15.2. The van der Waals surface area contributed by atoms with E-state index in [1.807, 2.05) is 25.1 Å². The van der Waals surface area contributed by atoms with Gasteiger partial charge in [0.05, 0.1) is 24.1 Å². The monoisotopic (exact) mass is 358 g/mol. The molecule has 1 aliphatic carbocycles. The highest BCUT2D eigenvalue weighted by atomic mass is 16.5. The number of carbonyl (C=O) groups excluding carboxylic acids is 3. The Labute approximate surface area is 153 Å². The fourth-order valence-electron chi connectivity index (χ4n) is 3.79. The molecule has 3 amide bonds. The summed E-state index contributed by atoms with van der Waals surface area (Å²) < 4.78 is 5.63. The molecule has 1 N–H and O–H groups in total. The molecule has 1 saturated carbocycles. The van der Waals surface area contributed by atoms with Gasteiger partial charge in [-0.25, -0.2) is 0 Å². The Hall–Kier alpha value is -2.37. The highest BCUT2D eigenvalue weighted by Crippen LogP contribution is 2.38. The van der Waals surface area contributed by atoms with Gasteiger partial charge >= 0.3 is 0 Å². The molecule has 0 unspecified atom stereocenters. The van der Waals surface area contributed by atoms with Crippen LogP contribution in [0.4, 0.5) is 5.69 Å². The third-order valence-electron chi connectivity index (χ3n) is 5.12. The van der Waals surface area contributed by atoms with E-state index < -0.39 is 0 Å². The van der Waals surface area contributed by atoms with E-state index in [2.05, 4.69) is 5.32 Å². The number of para-hydroxylation sites is 2. The Balaban J connectivity index is 1.56. The summed E-state index contributed by atoms with van der Waals surface area (Å²) in [7, 11) is 0.